The molecule has 0 saturated heterocycles. The summed E-state index contributed by atoms with van der Waals surface area (Å²) in [4.78, 5) is 0.801. The van der Waals surface area contributed by atoms with Gasteiger partial charge in [0.2, 0.25) is 10.0 Å². The summed E-state index contributed by atoms with van der Waals surface area (Å²) in [5, 5.41) is 12.0. The molecule has 0 spiro atoms. The lowest BCUT2D eigenvalue weighted by molar-refractivity contribution is 0.158. The lowest BCUT2D eigenvalue weighted by Gasteiger charge is -2.20. The van der Waals surface area contributed by atoms with Gasteiger partial charge < -0.3 is 14.6 Å². The van der Waals surface area contributed by atoms with Crippen LogP contribution in [0.25, 0.3) is 0 Å². The normalized spacial score (nSPS) is 13.1. The van der Waals surface area contributed by atoms with E-state index in [4.69, 9.17) is 9.47 Å². The summed E-state index contributed by atoms with van der Waals surface area (Å²) in [6.07, 6.45) is -0.866. The van der Waals surface area contributed by atoms with Gasteiger partial charge in [0.1, 0.15) is 6.10 Å². The van der Waals surface area contributed by atoms with Crippen molar-refractivity contribution in [3.8, 4) is 11.5 Å². The lowest BCUT2D eigenvalue weighted by atomic mass is 10.3. The van der Waals surface area contributed by atoms with Crippen LogP contribution in [0.3, 0.4) is 0 Å². The molecule has 0 radical (unpaired) electrons. The van der Waals surface area contributed by atoms with E-state index >= 15 is 0 Å². The summed E-state index contributed by atoms with van der Waals surface area (Å²) in [6, 6.07) is 7.97. The van der Waals surface area contributed by atoms with Crippen LogP contribution in [0.15, 0.2) is 40.6 Å². The second kappa shape index (κ2) is 7.31. The molecule has 23 heavy (non-hydrogen) atoms. The number of aliphatic hydroxyl groups is 1. The molecular formula is C15H19NO5S2. The average molecular weight is 357 g/mol. The Morgan fingerprint density at radius 3 is 2.48 bits per heavy atom. The fourth-order valence-corrected chi connectivity index (χ4v) is 3.97. The van der Waals surface area contributed by atoms with Crippen LogP contribution < -0.4 is 9.47 Å². The maximum Gasteiger partial charge on any atom is 0.243 e. The van der Waals surface area contributed by atoms with Crippen LogP contribution in [-0.2, 0) is 10.0 Å². The standard InChI is InChI=1S/C15H19NO5S2/c1-16(10-12(17)15-5-4-8-22-15)23(18,19)11-6-7-13(20-2)14(9-11)21-3/h4-9,12,17H,10H2,1-3H3. The zero-order valence-electron chi connectivity index (χ0n) is 13.1. The van der Waals surface area contributed by atoms with E-state index < -0.39 is 16.1 Å². The molecule has 0 fully saturated rings. The molecular weight excluding hydrogens is 338 g/mol. The molecule has 1 atom stereocenters. The van der Waals surface area contributed by atoms with Crippen molar-refractivity contribution >= 4 is 21.4 Å². The molecule has 2 rings (SSSR count). The van der Waals surface area contributed by atoms with Gasteiger partial charge in [0.15, 0.2) is 11.5 Å². The first kappa shape index (κ1) is 17.7. The third-order valence-electron chi connectivity index (χ3n) is 3.36. The molecule has 0 saturated carbocycles. The first-order valence-electron chi connectivity index (χ1n) is 6.80. The lowest BCUT2D eigenvalue weighted by Crippen LogP contribution is -2.31. The number of benzene rings is 1. The zero-order valence-corrected chi connectivity index (χ0v) is 14.7. The van der Waals surface area contributed by atoms with Gasteiger partial charge >= 0.3 is 0 Å². The minimum Gasteiger partial charge on any atom is -0.493 e. The molecule has 1 aromatic heterocycles. The number of likely N-dealkylation sites (N-methyl/N-ethyl adjacent to an activating group) is 1. The predicted molar refractivity (Wildman–Crippen MR) is 88.6 cm³/mol. The van der Waals surface area contributed by atoms with E-state index in [1.807, 2.05) is 11.4 Å². The number of hydrogen-bond acceptors (Lipinski definition) is 6. The molecule has 1 heterocycles. The fourth-order valence-electron chi connectivity index (χ4n) is 2.07. The largest absolute Gasteiger partial charge is 0.493 e. The van der Waals surface area contributed by atoms with E-state index in [0.29, 0.717) is 11.5 Å². The monoisotopic (exact) mass is 357 g/mol. The molecule has 0 aliphatic heterocycles. The van der Waals surface area contributed by atoms with Gasteiger partial charge in [0, 0.05) is 24.5 Å². The summed E-state index contributed by atoms with van der Waals surface area (Å²) in [5.74, 6) is 0.786. The Bertz CT molecular complexity index is 743. The highest BCUT2D eigenvalue weighted by molar-refractivity contribution is 7.89. The minimum atomic E-state index is -3.74. The number of sulfonamides is 1. The second-order valence-electron chi connectivity index (χ2n) is 4.83. The van der Waals surface area contributed by atoms with Crippen LogP contribution in [0.5, 0.6) is 11.5 Å². The first-order chi connectivity index (χ1) is 10.9. The Morgan fingerprint density at radius 2 is 1.91 bits per heavy atom. The van der Waals surface area contributed by atoms with Crippen molar-refractivity contribution in [2.45, 2.75) is 11.0 Å². The van der Waals surface area contributed by atoms with E-state index in [9.17, 15) is 13.5 Å². The summed E-state index contributed by atoms with van der Waals surface area (Å²) >= 11 is 1.38. The maximum atomic E-state index is 12.6. The molecule has 1 unspecified atom stereocenters. The Balaban J connectivity index is 2.23. The molecule has 0 aliphatic carbocycles. The van der Waals surface area contributed by atoms with Crippen molar-refractivity contribution in [3.05, 3.63) is 40.6 Å². The number of rotatable bonds is 7. The molecule has 0 bridgehead atoms. The highest BCUT2D eigenvalue weighted by Gasteiger charge is 2.25. The summed E-state index contributed by atoms with van der Waals surface area (Å²) in [7, 11) is 0.618. The topological polar surface area (TPSA) is 76.1 Å². The highest BCUT2D eigenvalue weighted by atomic mass is 32.2. The molecule has 1 N–H and O–H groups in total. The molecule has 126 valence electrons. The van der Waals surface area contributed by atoms with Gasteiger partial charge in [0.25, 0.3) is 0 Å². The molecule has 1 aromatic carbocycles. The number of hydrogen-bond donors (Lipinski definition) is 1. The van der Waals surface area contributed by atoms with Crippen molar-refractivity contribution in [1.82, 2.24) is 4.31 Å². The molecule has 0 aliphatic rings. The minimum absolute atomic E-state index is 0.0306. The van der Waals surface area contributed by atoms with Crippen LogP contribution in [0.2, 0.25) is 0 Å². The highest BCUT2D eigenvalue weighted by Crippen LogP contribution is 2.31. The first-order valence-corrected chi connectivity index (χ1v) is 9.12. The second-order valence-corrected chi connectivity index (χ2v) is 7.86. The van der Waals surface area contributed by atoms with Gasteiger partial charge in [-0.3, -0.25) is 0 Å². The third kappa shape index (κ3) is 3.84. The average Bonchev–Trinajstić information content (AvgIpc) is 3.08. The van der Waals surface area contributed by atoms with E-state index in [2.05, 4.69) is 0 Å². The van der Waals surface area contributed by atoms with Crippen molar-refractivity contribution in [1.29, 1.82) is 0 Å². The number of aliphatic hydroxyl groups excluding tert-OH is 1. The van der Waals surface area contributed by atoms with Gasteiger partial charge in [-0.05, 0) is 23.6 Å². The summed E-state index contributed by atoms with van der Waals surface area (Å²) in [6.45, 7) is -0.0306. The van der Waals surface area contributed by atoms with Crippen LogP contribution >= 0.6 is 11.3 Å². The number of ether oxygens (including phenoxy) is 2. The Labute approximate surface area is 139 Å². The van der Waals surface area contributed by atoms with E-state index in [-0.39, 0.29) is 11.4 Å². The van der Waals surface area contributed by atoms with Gasteiger partial charge in [0.05, 0.1) is 19.1 Å². The maximum absolute atomic E-state index is 12.6. The number of nitrogens with zero attached hydrogens (tertiary/aromatic N) is 1. The Kier molecular flexibility index (Phi) is 5.64. The zero-order chi connectivity index (χ0) is 17.0. The van der Waals surface area contributed by atoms with Crippen LogP contribution in [0.4, 0.5) is 0 Å². The van der Waals surface area contributed by atoms with Crippen LogP contribution in [0.1, 0.15) is 11.0 Å². The van der Waals surface area contributed by atoms with Crippen LogP contribution in [-0.4, -0.2) is 45.6 Å². The smallest absolute Gasteiger partial charge is 0.243 e. The number of methoxy groups -OCH3 is 2. The molecule has 8 heteroatoms. The Morgan fingerprint density at radius 1 is 1.22 bits per heavy atom. The molecule has 0 amide bonds. The van der Waals surface area contributed by atoms with Crippen molar-refractivity contribution < 1.29 is 23.0 Å². The van der Waals surface area contributed by atoms with Crippen molar-refractivity contribution in [2.75, 3.05) is 27.8 Å². The summed E-state index contributed by atoms with van der Waals surface area (Å²) < 4.78 is 36.6. The van der Waals surface area contributed by atoms with E-state index in [1.54, 1.807) is 6.07 Å². The Hall–Kier alpha value is -1.61. The third-order valence-corrected chi connectivity index (χ3v) is 6.16. The summed E-state index contributed by atoms with van der Waals surface area (Å²) in [5.41, 5.74) is 0. The van der Waals surface area contributed by atoms with E-state index in [1.165, 1.54) is 50.8 Å². The fraction of sp³-hybridized carbons (Fsp3) is 0.333. The van der Waals surface area contributed by atoms with Gasteiger partial charge in [-0.15, -0.1) is 11.3 Å². The van der Waals surface area contributed by atoms with Gasteiger partial charge in [-0.1, -0.05) is 6.07 Å². The molecule has 6 nitrogen and oxygen atoms in total. The van der Waals surface area contributed by atoms with E-state index in [0.717, 1.165) is 9.18 Å². The molecule has 2 aromatic rings. The van der Waals surface area contributed by atoms with Gasteiger partial charge in [-0.2, -0.15) is 4.31 Å². The number of thiophene rings is 1. The van der Waals surface area contributed by atoms with Crippen molar-refractivity contribution in [3.63, 3.8) is 0 Å². The quantitative estimate of drug-likeness (QED) is 0.821. The predicted octanol–water partition coefficient (Wildman–Crippen LogP) is 2.12. The van der Waals surface area contributed by atoms with Crippen molar-refractivity contribution in [2.24, 2.45) is 0 Å². The SMILES string of the molecule is COc1ccc(S(=O)(=O)N(C)CC(O)c2cccs2)cc1OC. The van der Waals surface area contributed by atoms with Gasteiger partial charge in [-0.25, -0.2) is 8.42 Å². The van der Waals surface area contributed by atoms with Crippen LogP contribution in [0, 0.1) is 0 Å².